The number of nitrogens with zero attached hydrogens (tertiary/aromatic N) is 2. The van der Waals surface area contributed by atoms with Crippen LogP contribution < -0.4 is 0 Å². The second-order valence-electron chi connectivity index (χ2n) is 5.49. The summed E-state index contributed by atoms with van der Waals surface area (Å²) in [6.45, 7) is 4.15. The largest absolute Gasteiger partial charge is 0.468 e. The number of thioether (sulfide) groups is 1. The van der Waals surface area contributed by atoms with Crippen molar-refractivity contribution in [3.8, 4) is 0 Å². The van der Waals surface area contributed by atoms with E-state index in [2.05, 4.69) is 16.9 Å². The van der Waals surface area contributed by atoms with Gasteiger partial charge >= 0.3 is 5.97 Å². The van der Waals surface area contributed by atoms with Crippen LogP contribution in [-0.2, 0) is 22.4 Å². The molecule has 0 spiro atoms. The van der Waals surface area contributed by atoms with E-state index in [4.69, 9.17) is 4.74 Å². The Morgan fingerprint density at radius 2 is 2.33 bits per heavy atom. The standard InChI is InChI=1S/C15H18N2O2S2/c1-8-4-5-10-11(6-8)21-14-12(10)13(16-7-17-14)20-9(2)15(18)19-3/h7-9H,4-6H2,1-3H3/t8-,9+/m1/s1. The molecule has 0 saturated carbocycles. The Balaban J connectivity index is 2.01. The first kappa shape index (κ1) is 14.8. The van der Waals surface area contributed by atoms with E-state index in [1.165, 1.54) is 35.7 Å². The average Bonchev–Trinajstić information content (AvgIpc) is 2.84. The highest BCUT2D eigenvalue weighted by Gasteiger charge is 2.25. The Hall–Kier alpha value is -1.14. The lowest BCUT2D eigenvalue weighted by Crippen LogP contribution is -2.15. The maximum absolute atomic E-state index is 11.6. The van der Waals surface area contributed by atoms with Gasteiger partial charge in [-0.2, -0.15) is 0 Å². The minimum absolute atomic E-state index is 0.218. The van der Waals surface area contributed by atoms with Crippen molar-refractivity contribution in [2.45, 2.75) is 43.4 Å². The second-order valence-corrected chi connectivity index (χ2v) is 7.91. The molecule has 0 fully saturated rings. The first-order valence-corrected chi connectivity index (χ1v) is 8.79. The van der Waals surface area contributed by atoms with E-state index in [0.29, 0.717) is 0 Å². The first-order chi connectivity index (χ1) is 10.1. The van der Waals surface area contributed by atoms with Crippen molar-refractivity contribution in [2.75, 3.05) is 7.11 Å². The van der Waals surface area contributed by atoms with Gasteiger partial charge in [-0.15, -0.1) is 11.3 Å². The van der Waals surface area contributed by atoms with Crippen LogP contribution in [0.25, 0.3) is 10.2 Å². The highest BCUT2D eigenvalue weighted by Crippen LogP contribution is 2.41. The Kier molecular flexibility index (Phi) is 4.17. The van der Waals surface area contributed by atoms with E-state index in [-0.39, 0.29) is 11.2 Å². The molecule has 2 aromatic heterocycles. The van der Waals surface area contributed by atoms with Crippen LogP contribution in [0, 0.1) is 5.92 Å². The van der Waals surface area contributed by atoms with Crippen LogP contribution in [0.15, 0.2) is 11.4 Å². The van der Waals surface area contributed by atoms with Crippen molar-refractivity contribution in [3.63, 3.8) is 0 Å². The van der Waals surface area contributed by atoms with Crippen LogP contribution in [0.2, 0.25) is 0 Å². The van der Waals surface area contributed by atoms with Gasteiger partial charge < -0.3 is 4.74 Å². The van der Waals surface area contributed by atoms with Gasteiger partial charge in [-0.05, 0) is 37.7 Å². The van der Waals surface area contributed by atoms with Gasteiger partial charge in [-0.1, -0.05) is 18.7 Å². The third-order valence-electron chi connectivity index (χ3n) is 3.88. The normalized spacial score (nSPS) is 19.3. The van der Waals surface area contributed by atoms with Gasteiger partial charge in [0.05, 0.1) is 7.11 Å². The number of hydrogen-bond acceptors (Lipinski definition) is 6. The number of methoxy groups -OCH3 is 1. The summed E-state index contributed by atoms with van der Waals surface area (Å²) < 4.78 is 4.80. The topological polar surface area (TPSA) is 52.1 Å². The number of hydrogen-bond donors (Lipinski definition) is 0. The van der Waals surface area contributed by atoms with E-state index in [1.54, 1.807) is 17.7 Å². The van der Waals surface area contributed by atoms with Crippen LogP contribution >= 0.6 is 23.1 Å². The predicted molar refractivity (Wildman–Crippen MR) is 85.9 cm³/mol. The molecule has 6 heteroatoms. The predicted octanol–water partition coefficient (Wildman–Crippen LogP) is 3.47. The number of carbonyl (C=O) groups excluding carboxylic acids is 1. The highest BCUT2D eigenvalue weighted by molar-refractivity contribution is 8.00. The molecule has 3 rings (SSSR count). The summed E-state index contributed by atoms with van der Waals surface area (Å²) in [7, 11) is 1.42. The quantitative estimate of drug-likeness (QED) is 0.492. The van der Waals surface area contributed by atoms with Gasteiger partial charge in [0.2, 0.25) is 0 Å². The van der Waals surface area contributed by atoms with E-state index < -0.39 is 0 Å². The maximum atomic E-state index is 11.6. The van der Waals surface area contributed by atoms with E-state index in [1.807, 2.05) is 6.92 Å². The lowest BCUT2D eigenvalue weighted by atomic mass is 9.89. The van der Waals surface area contributed by atoms with Crippen LogP contribution in [0.4, 0.5) is 0 Å². The van der Waals surface area contributed by atoms with Gasteiger partial charge in [0, 0.05) is 10.3 Å². The van der Waals surface area contributed by atoms with Crippen LogP contribution in [0.5, 0.6) is 0 Å². The van der Waals surface area contributed by atoms with Gasteiger partial charge in [-0.3, -0.25) is 4.79 Å². The SMILES string of the molecule is COC(=O)[C@H](C)Sc1ncnc2sc3c(c12)CC[C@@H](C)C3. The Morgan fingerprint density at radius 3 is 3.10 bits per heavy atom. The van der Waals surface area contributed by atoms with Crippen molar-refractivity contribution in [1.29, 1.82) is 0 Å². The maximum Gasteiger partial charge on any atom is 0.318 e. The molecule has 0 saturated heterocycles. The molecule has 1 aliphatic carbocycles. The molecule has 0 unspecified atom stereocenters. The Bertz CT molecular complexity index is 684. The van der Waals surface area contributed by atoms with Crippen molar-refractivity contribution in [3.05, 3.63) is 16.8 Å². The number of fused-ring (bicyclic) bond motifs is 3. The summed E-state index contributed by atoms with van der Waals surface area (Å²) in [5, 5.41) is 1.81. The summed E-state index contributed by atoms with van der Waals surface area (Å²) in [5.41, 5.74) is 1.40. The molecule has 0 aliphatic heterocycles. The summed E-state index contributed by atoms with van der Waals surface area (Å²) in [6.07, 6.45) is 5.03. The minimum atomic E-state index is -0.258. The summed E-state index contributed by atoms with van der Waals surface area (Å²) >= 11 is 3.24. The third-order valence-corrected chi connectivity index (χ3v) is 6.12. The number of rotatable bonds is 3. The highest BCUT2D eigenvalue weighted by atomic mass is 32.2. The zero-order chi connectivity index (χ0) is 15.0. The molecule has 0 bridgehead atoms. The monoisotopic (exact) mass is 322 g/mol. The van der Waals surface area contributed by atoms with Crippen molar-refractivity contribution < 1.29 is 9.53 Å². The van der Waals surface area contributed by atoms with Gasteiger partial charge in [0.15, 0.2) is 0 Å². The fraction of sp³-hybridized carbons (Fsp3) is 0.533. The number of carbonyl (C=O) groups is 1. The number of ether oxygens (including phenoxy) is 1. The average molecular weight is 322 g/mol. The zero-order valence-electron chi connectivity index (χ0n) is 12.4. The van der Waals surface area contributed by atoms with E-state index in [9.17, 15) is 4.79 Å². The van der Waals surface area contributed by atoms with Crippen molar-refractivity contribution >= 4 is 39.3 Å². The molecule has 0 radical (unpaired) electrons. The molecule has 21 heavy (non-hydrogen) atoms. The van der Waals surface area contributed by atoms with Crippen molar-refractivity contribution in [1.82, 2.24) is 9.97 Å². The van der Waals surface area contributed by atoms with Gasteiger partial charge in [0.1, 0.15) is 21.4 Å². The summed E-state index contributed by atoms with van der Waals surface area (Å²) in [6, 6.07) is 0. The van der Waals surface area contributed by atoms with Crippen LogP contribution in [0.1, 0.15) is 30.7 Å². The molecule has 2 atom stereocenters. The van der Waals surface area contributed by atoms with Crippen molar-refractivity contribution in [2.24, 2.45) is 5.92 Å². The van der Waals surface area contributed by atoms with E-state index in [0.717, 1.165) is 34.0 Å². The lowest BCUT2D eigenvalue weighted by Gasteiger charge is -2.18. The van der Waals surface area contributed by atoms with Crippen LogP contribution in [-0.4, -0.2) is 28.3 Å². The summed E-state index contributed by atoms with van der Waals surface area (Å²) in [5.74, 6) is 0.521. The summed E-state index contributed by atoms with van der Waals surface area (Å²) in [4.78, 5) is 23.0. The van der Waals surface area contributed by atoms with Gasteiger partial charge in [0.25, 0.3) is 0 Å². The number of esters is 1. The lowest BCUT2D eigenvalue weighted by molar-refractivity contribution is -0.139. The fourth-order valence-corrected chi connectivity index (χ4v) is 5.11. The molecule has 2 heterocycles. The Labute approximate surface area is 132 Å². The van der Waals surface area contributed by atoms with Crippen LogP contribution in [0.3, 0.4) is 0 Å². The molecule has 4 nitrogen and oxygen atoms in total. The molecule has 0 amide bonds. The minimum Gasteiger partial charge on any atom is -0.468 e. The molecular weight excluding hydrogens is 304 g/mol. The molecule has 2 aromatic rings. The number of thiophene rings is 1. The first-order valence-electron chi connectivity index (χ1n) is 7.10. The van der Waals surface area contributed by atoms with Gasteiger partial charge in [-0.25, -0.2) is 9.97 Å². The van der Waals surface area contributed by atoms with E-state index >= 15 is 0 Å². The number of aromatic nitrogens is 2. The molecular formula is C15H18N2O2S2. The Morgan fingerprint density at radius 1 is 1.52 bits per heavy atom. The smallest absolute Gasteiger partial charge is 0.318 e. The molecule has 1 aliphatic rings. The molecule has 0 aromatic carbocycles. The zero-order valence-corrected chi connectivity index (χ0v) is 14.0. The fourth-order valence-electron chi connectivity index (χ4n) is 2.72. The third kappa shape index (κ3) is 2.79. The number of aryl methyl sites for hydroxylation is 1. The molecule has 0 N–H and O–H groups in total. The molecule has 112 valence electrons. The second kappa shape index (κ2) is 5.93.